The van der Waals surface area contributed by atoms with Crippen LogP contribution in [0, 0.1) is 6.92 Å². The number of aromatic amines is 1. The zero-order valence-corrected chi connectivity index (χ0v) is 12.3. The lowest BCUT2D eigenvalue weighted by Crippen LogP contribution is -2.34. The monoisotopic (exact) mass is 291 g/mol. The van der Waals surface area contributed by atoms with E-state index in [0.717, 1.165) is 17.8 Å². The molecule has 1 aliphatic rings. The average molecular weight is 291 g/mol. The van der Waals surface area contributed by atoms with Crippen LogP contribution in [0.4, 0.5) is 0 Å². The van der Waals surface area contributed by atoms with Crippen LogP contribution >= 0.6 is 11.3 Å². The summed E-state index contributed by atoms with van der Waals surface area (Å²) < 4.78 is 26.4. The van der Waals surface area contributed by atoms with Crippen molar-refractivity contribution in [1.82, 2.24) is 14.2 Å². The number of likely N-dealkylation sites (N-methyl/N-ethyl adjacent to an activating group) is 1. The molecule has 0 bridgehead atoms. The topological polar surface area (TPSA) is 73.5 Å². The minimum Gasteiger partial charge on any atom is -0.315 e. The molecule has 0 aliphatic carbocycles. The Bertz CT molecular complexity index is 588. The maximum Gasteiger partial charge on any atom is 0.305 e. The Kier molecular flexibility index (Phi) is 3.63. The number of sulfonamides is 1. The molecule has 2 rings (SSSR count). The summed E-state index contributed by atoms with van der Waals surface area (Å²) in [5.74, 6) is 0. The van der Waals surface area contributed by atoms with E-state index in [4.69, 9.17) is 0 Å². The Morgan fingerprint density at radius 2 is 2.11 bits per heavy atom. The highest BCUT2D eigenvalue weighted by Gasteiger charge is 2.35. The summed E-state index contributed by atoms with van der Waals surface area (Å²) in [5, 5.41) is 0. The summed E-state index contributed by atoms with van der Waals surface area (Å²) in [4.78, 5) is 15.4. The molecule has 8 heteroatoms. The van der Waals surface area contributed by atoms with Gasteiger partial charge in [-0.25, -0.2) is 8.42 Å². The second-order valence-electron chi connectivity index (χ2n) is 4.70. The summed E-state index contributed by atoms with van der Waals surface area (Å²) >= 11 is 0.763. The fourth-order valence-electron chi connectivity index (χ4n) is 2.10. The van der Waals surface area contributed by atoms with Crippen LogP contribution < -0.4 is 4.87 Å². The van der Waals surface area contributed by atoms with E-state index >= 15 is 0 Å². The Morgan fingerprint density at radius 1 is 1.44 bits per heavy atom. The predicted molar refractivity (Wildman–Crippen MR) is 70.5 cm³/mol. The Labute approximate surface area is 110 Å². The van der Waals surface area contributed by atoms with Gasteiger partial charge < -0.3 is 9.88 Å². The van der Waals surface area contributed by atoms with Crippen molar-refractivity contribution in [1.29, 1.82) is 0 Å². The lowest BCUT2D eigenvalue weighted by Gasteiger charge is -2.19. The van der Waals surface area contributed by atoms with Gasteiger partial charge in [0.2, 0.25) is 0 Å². The largest absolute Gasteiger partial charge is 0.315 e. The highest BCUT2D eigenvalue weighted by Crippen LogP contribution is 2.25. The standard InChI is InChI=1S/C10H17N3O3S2/c1-7-9(17-10(14)11-7)18(15,16)13-5-4-8(6-13)12(2)3/h8H,4-6H2,1-3H3,(H,11,14). The van der Waals surface area contributed by atoms with Gasteiger partial charge in [0.05, 0.1) is 0 Å². The minimum absolute atomic E-state index is 0.145. The van der Waals surface area contributed by atoms with E-state index in [2.05, 4.69) is 4.98 Å². The van der Waals surface area contributed by atoms with E-state index in [0.29, 0.717) is 18.8 Å². The summed E-state index contributed by atoms with van der Waals surface area (Å²) in [7, 11) is 0.369. The van der Waals surface area contributed by atoms with Crippen molar-refractivity contribution in [2.45, 2.75) is 23.6 Å². The molecule has 0 aromatic carbocycles. The molecule has 102 valence electrons. The molecule has 1 aromatic heterocycles. The number of nitrogens with zero attached hydrogens (tertiary/aromatic N) is 2. The van der Waals surface area contributed by atoms with Crippen LogP contribution in [0.1, 0.15) is 12.1 Å². The van der Waals surface area contributed by atoms with Crippen molar-refractivity contribution in [3.8, 4) is 0 Å². The maximum absolute atomic E-state index is 12.4. The maximum atomic E-state index is 12.4. The van der Waals surface area contributed by atoms with Gasteiger partial charge in [-0.15, -0.1) is 0 Å². The molecule has 1 unspecified atom stereocenters. The molecular formula is C10H17N3O3S2. The van der Waals surface area contributed by atoms with Gasteiger partial charge in [0.1, 0.15) is 0 Å². The molecule has 2 heterocycles. The second kappa shape index (κ2) is 4.76. The van der Waals surface area contributed by atoms with Crippen LogP contribution in [0.3, 0.4) is 0 Å². The van der Waals surface area contributed by atoms with E-state index in [1.54, 1.807) is 6.92 Å². The number of H-pyrrole nitrogens is 1. The SMILES string of the molecule is Cc1[nH]c(=O)sc1S(=O)(=O)N1CCC(N(C)C)C1. The van der Waals surface area contributed by atoms with Gasteiger partial charge in [-0.05, 0) is 27.4 Å². The second-order valence-corrected chi connectivity index (χ2v) is 7.81. The van der Waals surface area contributed by atoms with E-state index < -0.39 is 10.0 Å². The van der Waals surface area contributed by atoms with Crippen molar-refractivity contribution < 1.29 is 8.42 Å². The molecule has 0 amide bonds. The first-order chi connectivity index (χ1) is 8.32. The van der Waals surface area contributed by atoms with Gasteiger partial charge in [-0.2, -0.15) is 4.31 Å². The van der Waals surface area contributed by atoms with Gasteiger partial charge >= 0.3 is 4.87 Å². The molecule has 1 fully saturated rings. The lowest BCUT2D eigenvalue weighted by atomic mass is 10.2. The lowest BCUT2D eigenvalue weighted by molar-refractivity contribution is 0.302. The molecule has 6 nitrogen and oxygen atoms in total. The van der Waals surface area contributed by atoms with Crippen LogP contribution in [0.2, 0.25) is 0 Å². The first-order valence-electron chi connectivity index (χ1n) is 5.68. The average Bonchev–Trinajstić information content (AvgIpc) is 2.85. The molecule has 1 aromatic rings. The Morgan fingerprint density at radius 3 is 2.56 bits per heavy atom. The van der Waals surface area contributed by atoms with E-state index in [9.17, 15) is 13.2 Å². The third-order valence-electron chi connectivity index (χ3n) is 3.21. The molecule has 0 spiro atoms. The van der Waals surface area contributed by atoms with Crippen molar-refractivity contribution in [3.63, 3.8) is 0 Å². The molecular weight excluding hydrogens is 274 g/mol. The van der Waals surface area contributed by atoms with Gasteiger partial charge in [0, 0.05) is 24.8 Å². The summed E-state index contributed by atoms with van der Waals surface area (Å²) in [6.07, 6.45) is 0.824. The summed E-state index contributed by atoms with van der Waals surface area (Å²) in [5.41, 5.74) is 0.429. The fraction of sp³-hybridized carbons (Fsp3) is 0.700. The number of nitrogens with one attached hydrogen (secondary N) is 1. The summed E-state index contributed by atoms with van der Waals surface area (Å²) in [6, 6.07) is 0.246. The normalized spacial score (nSPS) is 21.9. The quantitative estimate of drug-likeness (QED) is 0.855. The molecule has 1 aliphatic heterocycles. The highest BCUT2D eigenvalue weighted by molar-refractivity contribution is 7.91. The summed E-state index contributed by atoms with van der Waals surface area (Å²) in [6.45, 7) is 2.61. The third-order valence-corrected chi connectivity index (χ3v) is 6.66. The molecule has 0 radical (unpaired) electrons. The fourth-order valence-corrected chi connectivity index (χ4v) is 5.03. The number of aromatic nitrogens is 1. The van der Waals surface area contributed by atoms with E-state index in [-0.39, 0.29) is 15.1 Å². The van der Waals surface area contributed by atoms with Crippen molar-refractivity contribution in [3.05, 3.63) is 15.4 Å². The Balaban J connectivity index is 2.28. The number of aryl methyl sites for hydroxylation is 1. The number of rotatable bonds is 3. The van der Waals surface area contributed by atoms with Crippen LogP contribution in [0.25, 0.3) is 0 Å². The minimum atomic E-state index is -3.52. The predicted octanol–water partition coefficient (Wildman–Crippen LogP) is 0.0694. The van der Waals surface area contributed by atoms with Crippen molar-refractivity contribution >= 4 is 21.4 Å². The van der Waals surface area contributed by atoms with Gasteiger partial charge in [-0.3, -0.25) is 4.79 Å². The Hall–Kier alpha value is -0.700. The third kappa shape index (κ3) is 2.37. The first-order valence-corrected chi connectivity index (χ1v) is 7.94. The zero-order valence-electron chi connectivity index (χ0n) is 10.6. The highest BCUT2D eigenvalue weighted by atomic mass is 32.2. The molecule has 1 saturated heterocycles. The number of hydrogen-bond acceptors (Lipinski definition) is 5. The number of thiazole rings is 1. The number of hydrogen-bond donors (Lipinski definition) is 1. The van der Waals surface area contributed by atoms with E-state index in [1.165, 1.54) is 4.31 Å². The van der Waals surface area contributed by atoms with Crippen LogP contribution in [0.5, 0.6) is 0 Å². The van der Waals surface area contributed by atoms with E-state index in [1.807, 2.05) is 19.0 Å². The van der Waals surface area contributed by atoms with Crippen LogP contribution in [-0.4, -0.2) is 55.8 Å². The smallest absolute Gasteiger partial charge is 0.305 e. The van der Waals surface area contributed by atoms with Crippen molar-refractivity contribution in [2.75, 3.05) is 27.2 Å². The zero-order chi connectivity index (χ0) is 13.5. The first kappa shape index (κ1) is 13.7. The molecule has 18 heavy (non-hydrogen) atoms. The van der Waals surface area contributed by atoms with Crippen LogP contribution in [0.15, 0.2) is 9.00 Å². The molecule has 1 N–H and O–H groups in total. The molecule has 0 saturated carbocycles. The molecule has 1 atom stereocenters. The van der Waals surface area contributed by atoms with Gasteiger partial charge in [0.25, 0.3) is 10.0 Å². The van der Waals surface area contributed by atoms with Crippen LogP contribution in [-0.2, 0) is 10.0 Å². The van der Waals surface area contributed by atoms with Crippen molar-refractivity contribution in [2.24, 2.45) is 0 Å². The van der Waals surface area contributed by atoms with Gasteiger partial charge in [0.15, 0.2) is 4.21 Å². The van der Waals surface area contributed by atoms with Gasteiger partial charge in [-0.1, -0.05) is 11.3 Å².